The molecular weight excluding hydrogens is 158 g/mol. The lowest BCUT2D eigenvalue weighted by Gasteiger charge is -2.03. The largest absolute Gasteiger partial charge is 0.473 e. The minimum atomic E-state index is 0.189. The molecule has 58 valence electrons. The first-order valence-corrected chi connectivity index (χ1v) is 4.43. The summed E-state index contributed by atoms with van der Waals surface area (Å²) in [6.07, 6.45) is 1.73. The lowest BCUT2D eigenvalue weighted by molar-refractivity contribution is 0.244. The molecule has 0 N–H and O–H groups in total. The van der Waals surface area contributed by atoms with Crippen molar-refractivity contribution in [2.24, 2.45) is 4.99 Å². The topological polar surface area (TPSA) is 21.6 Å². The predicted octanol–water partition coefficient (Wildman–Crippen LogP) is 2.16. The number of thiophene rings is 1. The lowest BCUT2D eigenvalue weighted by atomic mass is 10.2. The summed E-state index contributed by atoms with van der Waals surface area (Å²) in [6.45, 7) is 2.87. The number of rotatable bonds is 1. The molecule has 3 heteroatoms. The van der Waals surface area contributed by atoms with Gasteiger partial charge in [0.05, 0.1) is 6.54 Å². The van der Waals surface area contributed by atoms with Gasteiger partial charge in [-0.1, -0.05) is 0 Å². The Hall–Kier alpha value is -0.830. The minimum absolute atomic E-state index is 0.189. The second-order valence-corrected chi connectivity index (χ2v) is 3.56. The van der Waals surface area contributed by atoms with Crippen LogP contribution in [-0.2, 0) is 4.74 Å². The van der Waals surface area contributed by atoms with Gasteiger partial charge in [-0.05, 0) is 23.9 Å². The van der Waals surface area contributed by atoms with Gasteiger partial charge < -0.3 is 4.74 Å². The fourth-order valence-corrected chi connectivity index (χ4v) is 2.00. The molecule has 0 saturated carbocycles. The van der Waals surface area contributed by atoms with E-state index in [2.05, 4.69) is 23.4 Å². The Bertz CT molecular complexity index is 271. The summed E-state index contributed by atoms with van der Waals surface area (Å²) in [5.74, 6) is 0. The van der Waals surface area contributed by atoms with Crippen LogP contribution in [-0.4, -0.2) is 12.9 Å². The Balaban J connectivity index is 2.17. The SMILES string of the molecule is Cc1csc(C2CN=CO2)c1. The quantitative estimate of drug-likeness (QED) is 0.628. The second-order valence-electron chi connectivity index (χ2n) is 2.62. The third kappa shape index (κ3) is 1.28. The van der Waals surface area contributed by atoms with E-state index in [0.717, 1.165) is 6.54 Å². The first kappa shape index (κ1) is 6.85. The van der Waals surface area contributed by atoms with Crippen LogP contribution in [0.2, 0.25) is 0 Å². The van der Waals surface area contributed by atoms with Crippen molar-refractivity contribution >= 4 is 17.7 Å². The van der Waals surface area contributed by atoms with E-state index in [1.54, 1.807) is 17.7 Å². The second kappa shape index (κ2) is 2.66. The summed E-state index contributed by atoms with van der Waals surface area (Å²) in [5, 5.41) is 2.14. The Morgan fingerprint density at radius 1 is 1.73 bits per heavy atom. The Morgan fingerprint density at radius 2 is 2.64 bits per heavy atom. The molecule has 1 aliphatic rings. The number of hydrogen-bond donors (Lipinski definition) is 0. The van der Waals surface area contributed by atoms with Crippen molar-refractivity contribution in [3.05, 3.63) is 21.9 Å². The van der Waals surface area contributed by atoms with Crippen LogP contribution in [0, 0.1) is 6.92 Å². The van der Waals surface area contributed by atoms with Crippen LogP contribution in [0.5, 0.6) is 0 Å². The van der Waals surface area contributed by atoms with Crippen molar-refractivity contribution in [2.45, 2.75) is 13.0 Å². The zero-order valence-corrected chi connectivity index (χ0v) is 7.10. The molecular formula is C8H9NOS. The number of nitrogens with zero attached hydrogens (tertiary/aromatic N) is 1. The summed E-state index contributed by atoms with van der Waals surface area (Å²) in [5.41, 5.74) is 1.31. The number of aliphatic imine (C=N–C) groups is 1. The van der Waals surface area contributed by atoms with Crippen molar-refractivity contribution in [1.29, 1.82) is 0 Å². The highest BCUT2D eigenvalue weighted by atomic mass is 32.1. The third-order valence-electron chi connectivity index (χ3n) is 1.64. The summed E-state index contributed by atoms with van der Waals surface area (Å²) >= 11 is 1.74. The van der Waals surface area contributed by atoms with Crippen molar-refractivity contribution in [2.75, 3.05) is 6.54 Å². The van der Waals surface area contributed by atoms with Crippen LogP contribution in [0.4, 0.5) is 0 Å². The zero-order chi connectivity index (χ0) is 7.68. The zero-order valence-electron chi connectivity index (χ0n) is 6.28. The van der Waals surface area contributed by atoms with Crippen molar-refractivity contribution < 1.29 is 4.74 Å². The van der Waals surface area contributed by atoms with Crippen molar-refractivity contribution in [3.63, 3.8) is 0 Å². The molecule has 0 aliphatic carbocycles. The highest BCUT2D eigenvalue weighted by Crippen LogP contribution is 2.26. The van der Waals surface area contributed by atoms with Crippen LogP contribution < -0.4 is 0 Å². The third-order valence-corrected chi connectivity index (χ3v) is 2.78. The molecule has 1 unspecified atom stereocenters. The van der Waals surface area contributed by atoms with Gasteiger partial charge in [-0.2, -0.15) is 0 Å². The Kier molecular flexibility index (Phi) is 1.66. The Labute approximate surface area is 69.5 Å². The van der Waals surface area contributed by atoms with Gasteiger partial charge in [0.25, 0.3) is 0 Å². The maximum Gasteiger partial charge on any atom is 0.170 e. The molecule has 2 nitrogen and oxygen atoms in total. The maximum atomic E-state index is 5.27. The molecule has 0 spiro atoms. The van der Waals surface area contributed by atoms with Crippen LogP contribution in [0.3, 0.4) is 0 Å². The van der Waals surface area contributed by atoms with Gasteiger partial charge in [0.15, 0.2) is 12.5 Å². The molecule has 0 saturated heterocycles. The number of ether oxygens (including phenoxy) is 1. The van der Waals surface area contributed by atoms with Gasteiger partial charge in [0, 0.05) is 4.88 Å². The molecule has 1 aromatic heterocycles. The van der Waals surface area contributed by atoms with E-state index in [1.807, 2.05) is 0 Å². The van der Waals surface area contributed by atoms with Crippen molar-refractivity contribution in [3.8, 4) is 0 Å². The molecule has 2 rings (SSSR count). The van der Waals surface area contributed by atoms with E-state index in [-0.39, 0.29) is 6.10 Å². The highest BCUT2D eigenvalue weighted by Gasteiger charge is 2.16. The van der Waals surface area contributed by atoms with Crippen LogP contribution in [0.15, 0.2) is 16.4 Å². The Morgan fingerprint density at radius 3 is 3.18 bits per heavy atom. The predicted molar refractivity (Wildman–Crippen MR) is 46.2 cm³/mol. The van der Waals surface area contributed by atoms with E-state index in [0.29, 0.717) is 0 Å². The van der Waals surface area contributed by atoms with Crippen LogP contribution >= 0.6 is 11.3 Å². The average molecular weight is 167 g/mol. The van der Waals surface area contributed by atoms with Gasteiger partial charge in [0.2, 0.25) is 0 Å². The number of aryl methyl sites for hydroxylation is 1. The molecule has 0 fully saturated rings. The summed E-state index contributed by atoms with van der Waals surface area (Å²) < 4.78 is 5.27. The lowest BCUT2D eigenvalue weighted by Crippen LogP contribution is -1.96. The molecule has 1 aromatic rings. The molecule has 0 amide bonds. The maximum absolute atomic E-state index is 5.27. The van der Waals surface area contributed by atoms with Crippen molar-refractivity contribution in [1.82, 2.24) is 0 Å². The van der Waals surface area contributed by atoms with Crippen LogP contribution in [0.25, 0.3) is 0 Å². The first-order chi connectivity index (χ1) is 5.36. The summed E-state index contributed by atoms with van der Waals surface area (Å²) in [4.78, 5) is 5.29. The van der Waals surface area contributed by atoms with Gasteiger partial charge in [-0.3, -0.25) is 4.99 Å². The van der Waals surface area contributed by atoms with E-state index < -0.39 is 0 Å². The van der Waals surface area contributed by atoms with E-state index in [9.17, 15) is 0 Å². The molecule has 11 heavy (non-hydrogen) atoms. The smallest absolute Gasteiger partial charge is 0.170 e. The molecule has 0 aromatic carbocycles. The molecule has 1 aliphatic heterocycles. The average Bonchev–Trinajstić information content (AvgIpc) is 2.55. The standard InChI is InChI=1S/C8H9NOS/c1-6-2-8(11-4-6)7-3-9-5-10-7/h2,4-5,7H,3H2,1H3. The fourth-order valence-electron chi connectivity index (χ4n) is 1.08. The number of hydrogen-bond acceptors (Lipinski definition) is 3. The molecule has 2 heterocycles. The van der Waals surface area contributed by atoms with Gasteiger partial charge >= 0.3 is 0 Å². The monoisotopic (exact) mass is 167 g/mol. The molecule has 0 bridgehead atoms. The van der Waals surface area contributed by atoms with Crippen LogP contribution in [0.1, 0.15) is 16.5 Å². The summed E-state index contributed by atoms with van der Waals surface area (Å²) in [6, 6.07) is 2.16. The fraction of sp³-hybridized carbons (Fsp3) is 0.375. The minimum Gasteiger partial charge on any atom is -0.473 e. The van der Waals surface area contributed by atoms with Gasteiger partial charge in [-0.25, -0.2) is 0 Å². The summed E-state index contributed by atoms with van der Waals surface area (Å²) in [7, 11) is 0. The molecule has 0 radical (unpaired) electrons. The van der Waals surface area contributed by atoms with E-state index in [1.165, 1.54) is 10.4 Å². The normalized spacial score (nSPS) is 22.1. The first-order valence-electron chi connectivity index (χ1n) is 3.55. The van der Waals surface area contributed by atoms with E-state index in [4.69, 9.17) is 4.74 Å². The molecule has 1 atom stereocenters. The highest BCUT2D eigenvalue weighted by molar-refractivity contribution is 7.10. The van der Waals surface area contributed by atoms with Gasteiger partial charge in [0.1, 0.15) is 0 Å². The van der Waals surface area contributed by atoms with E-state index >= 15 is 0 Å². The van der Waals surface area contributed by atoms with Gasteiger partial charge in [-0.15, -0.1) is 11.3 Å².